The maximum absolute atomic E-state index is 11.7. The molecule has 0 fully saturated rings. The number of thioether (sulfide) groups is 2. The summed E-state index contributed by atoms with van der Waals surface area (Å²) in [6.45, 7) is 2.80. The average molecular weight is 649 g/mol. The lowest BCUT2D eigenvalue weighted by molar-refractivity contribution is 0.302. The molecule has 0 saturated heterocycles. The smallest absolute Gasteiger partial charge is 0.264 e. The Balaban J connectivity index is 1.72. The fourth-order valence-electron chi connectivity index (χ4n) is 4.87. The van der Waals surface area contributed by atoms with Crippen LogP contribution in [-0.4, -0.2) is 64.2 Å². The van der Waals surface area contributed by atoms with Crippen LogP contribution >= 0.6 is 23.5 Å². The van der Waals surface area contributed by atoms with Crippen molar-refractivity contribution in [1.29, 1.82) is 0 Å². The van der Waals surface area contributed by atoms with Crippen molar-refractivity contribution in [1.82, 2.24) is 9.13 Å². The summed E-state index contributed by atoms with van der Waals surface area (Å²) in [7, 11) is -7.14. The number of nitrogens with zero attached hydrogens (tertiary/aromatic N) is 2. The van der Waals surface area contributed by atoms with Gasteiger partial charge in [-0.3, -0.25) is 8.37 Å². The van der Waals surface area contributed by atoms with Gasteiger partial charge in [0.25, 0.3) is 20.2 Å². The van der Waals surface area contributed by atoms with E-state index < -0.39 is 20.2 Å². The van der Waals surface area contributed by atoms with Crippen molar-refractivity contribution in [3.8, 4) is 22.5 Å². The summed E-state index contributed by atoms with van der Waals surface area (Å²) in [6.07, 6.45) is 6.76. The van der Waals surface area contributed by atoms with E-state index in [9.17, 15) is 16.8 Å². The van der Waals surface area contributed by atoms with Crippen LogP contribution in [0.1, 0.15) is 17.0 Å². The minimum atomic E-state index is -3.58. The summed E-state index contributed by atoms with van der Waals surface area (Å²) in [5, 5.41) is 0. The zero-order valence-corrected chi connectivity index (χ0v) is 27.6. The molecule has 0 bridgehead atoms. The number of aromatic nitrogens is 2. The summed E-state index contributed by atoms with van der Waals surface area (Å²) in [4.78, 5) is 2.31. The Morgan fingerprint density at radius 1 is 0.667 bits per heavy atom. The molecule has 2 heterocycles. The molecule has 0 aliphatic heterocycles. The van der Waals surface area contributed by atoms with Crippen LogP contribution in [0.3, 0.4) is 0 Å². The third kappa shape index (κ3) is 8.55. The molecule has 2 aromatic heterocycles. The number of hydrogen-bond acceptors (Lipinski definition) is 8. The second-order valence-electron chi connectivity index (χ2n) is 9.84. The minimum absolute atomic E-state index is 0.0201. The third-order valence-corrected chi connectivity index (χ3v) is 9.59. The lowest BCUT2D eigenvalue weighted by atomic mass is 10.1. The first-order chi connectivity index (χ1) is 19.9. The van der Waals surface area contributed by atoms with Crippen LogP contribution in [0.15, 0.2) is 76.5 Å². The van der Waals surface area contributed by atoms with Crippen LogP contribution in [0.2, 0.25) is 0 Å². The summed E-state index contributed by atoms with van der Waals surface area (Å²) in [6, 6.07) is 22.8. The van der Waals surface area contributed by atoms with Gasteiger partial charge in [-0.1, -0.05) is 24.3 Å². The first kappa shape index (κ1) is 32.4. The Labute approximate surface area is 257 Å². The highest BCUT2D eigenvalue weighted by molar-refractivity contribution is 7.98. The van der Waals surface area contributed by atoms with Gasteiger partial charge in [-0.05, 0) is 78.6 Å². The molecule has 0 saturated carbocycles. The largest absolute Gasteiger partial charge is 0.342 e. The fourth-order valence-corrected chi connectivity index (χ4v) is 6.44. The zero-order valence-electron chi connectivity index (χ0n) is 24.4. The Morgan fingerprint density at radius 3 is 1.62 bits per heavy atom. The highest BCUT2D eigenvalue weighted by atomic mass is 32.2. The molecule has 0 atom stereocenters. The van der Waals surface area contributed by atoms with Crippen molar-refractivity contribution in [2.45, 2.75) is 36.2 Å². The summed E-state index contributed by atoms with van der Waals surface area (Å²) < 4.78 is 61.0. The molecule has 12 heteroatoms. The second kappa shape index (κ2) is 13.9. The zero-order chi connectivity index (χ0) is 30.5. The quantitative estimate of drug-likeness (QED) is 0.123. The van der Waals surface area contributed by atoms with E-state index >= 15 is 0 Å². The van der Waals surface area contributed by atoms with Gasteiger partial charge >= 0.3 is 0 Å². The number of rotatable bonds is 14. The van der Waals surface area contributed by atoms with E-state index in [0.717, 1.165) is 61.8 Å². The van der Waals surface area contributed by atoms with Crippen LogP contribution in [0.25, 0.3) is 22.5 Å². The maximum atomic E-state index is 11.7. The molecule has 4 rings (SSSR count). The molecule has 0 aliphatic carbocycles. The van der Waals surface area contributed by atoms with Gasteiger partial charge in [0.05, 0.1) is 25.7 Å². The van der Waals surface area contributed by atoms with E-state index in [1.54, 1.807) is 23.5 Å². The Morgan fingerprint density at radius 2 is 1.14 bits per heavy atom. The molecular formula is C30H36N2O6S4. The Kier molecular flexibility index (Phi) is 10.7. The highest BCUT2D eigenvalue weighted by Gasteiger charge is 2.18. The summed E-state index contributed by atoms with van der Waals surface area (Å²) in [5.41, 5.74) is 7.08. The van der Waals surface area contributed by atoms with Gasteiger partial charge in [0.1, 0.15) is 0 Å². The van der Waals surface area contributed by atoms with Crippen molar-refractivity contribution in [3.05, 3.63) is 83.7 Å². The highest BCUT2D eigenvalue weighted by Crippen LogP contribution is 2.31. The van der Waals surface area contributed by atoms with E-state index in [1.165, 1.54) is 0 Å². The second-order valence-corrected chi connectivity index (χ2v) is 14.9. The molecule has 0 unspecified atom stereocenters. The lowest BCUT2D eigenvalue weighted by Gasteiger charge is -2.15. The van der Waals surface area contributed by atoms with Crippen LogP contribution in [0.5, 0.6) is 0 Å². The van der Waals surface area contributed by atoms with Crippen molar-refractivity contribution in [2.75, 3.05) is 38.2 Å². The third-order valence-electron chi connectivity index (χ3n) is 6.91. The monoisotopic (exact) mass is 648 g/mol. The van der Waals surface area contributed by atoms with Gasteiger partial charge in [0.2, 0.25) is 0 Å². The van der Waals surface area contributed by atoms with Gasteiger partial charge in [0.15, 0.2) is 0 Å². The molecule has 4 aromatic rings. The van der Waals surface area contributed by atoms with Crippen molar-refractivity contribution in [2.24, 2.45) is 0 Å². The van der Waals surface area contributed by atoms with Crippen LogP contribution in [0.4, 0.5) is 0 Å². The fraction of sp³-hybridized carbons (Fsp3) is 0.333. The molecular weight excluding hydrogens is 613 g/mol. The van der Waals surface area contributed by atoms with Gasteiger partial charge in [0, 0.05) is 52.1 Å². The van der Waals surface area contributed by atoms with Gasteiger partial charge in [-0.15, -0.1) is 23.5 Å². The van der Waals surface area contributed by atoms with Crippen molar-refractivity contribution < 1.29 is 25.2 Å². The van der Waals surface area contributed by atoms with E-state index in [1.807, 2.05) is 19.4 Å². The van der Waals surface area contributed by atoms with Gasteiger partial charge in [-0.2, -0.15) is 16.8 Å². The van der Waals surface area contributed by atoms with Crippen molar-refractivity contribution >= 4 is 43.8 Å². The predicted molar refractivity (Wildman–Crippen MR) is 172 cm³/mol. The van der Waals surface area contributed by atoms with E-state index in [2.05, 4.69) is 75.9 Å². The number of hydrogen-bond donors (Lipinski definition) is 0. The molecule has 42 heavy (non-hydrogen) atoms. The summed E-state index contributed by atoms with van der Waals surface area (Å²) >= 11 is 3.34. The maximum Gasteiger partial charge on any atom is 0.264 e. The molecule has 0 aliphatic rings. The Hall–Kier alpha value is -2.48. The van der Waals surface area contributed by atoms with E-state index in [0.29, 0.717) is 19.5 Å². The van der Waals surface area contributed by atoms with E-state index in [-0.39, 0.29) is 13.2 Å². The summed E-state index contributed by atoms with van der Waals surface area (Å²) in [5.74, 6) is 0. The molecule has 0 N–H and O–H groups in total. The molecule has 0 radical (unpaired) electrons. The molecule has 0 spiro atoms. The average Bonchev–Trinajstić information content (AvgIpc) is 3.48. The standard InChI is InChI=1S/C30H36N2O6S4/c1-22-25(21-30(24-8-13-28(40-3)14-9-24)31(22)16-18-37-41(4,33)34)20-26-10-15-29(23-6-11-27(39-2)12-7-23)32(26)17-19-38-42(5,35)36/h6-15,21H,16-20H2,1-5H3. The van der Waals surface area contributed by atoms with Crippen LogP contribution in [0, 0.1) is 6.92 Å². The molecule has 226 valence electrons. The molecule has 0 amide bonds. The van der Waals surface area contributed by atoms with E-state index in [4.69, 9.17) is 8.37 Å². The topological polar surface area (TPSA) is 96.6 Å². The van der Waals surface area contributed by atoms with Crippen LogP contribution < -0.4 is 0 Å². The molecule has 8 nitrogen and oxygen atoms in total. The lowest BCUT2D eigenvalue weighted by Crippen LogP contribution is -2.14. The minimum Gasteiger partial charge on any atom is -0.342 e. The van der Waals surface area contributed by atoms with Crippen LogP contribution in [-0.2, 0) is 48.1 Å². The normalized spacial score (nSPS) is 12.2. The van der Waals surface area contributed by atoms with Gasteiger partial charge < -0.3 is 9.13 Å². The number of benzene rings is 2. The first-order valence-corrected chi connectivity index (χ1v) is 19.3. The first-order valence-electron chi connectivity index (χ1n) is 13.2. The van der Waals surface area contributed by atoms with Gasteiger partial charge in [-0.25, -0.2) is 0 Å². The predicted octanol–water partition coefficient (Wildman–Crippen LogP) is 5.92. The Bertz CT molecular complexity index is 1720. The SMILES string of the molecule is CSc1ccc(-c2ccc(Cc3cc(-c4ccc(SC)cc4)n(CCOS(C)(=O)=O)c3C)n2CCOS(C)(=O)=O)cc1. The molecule has 2 aromatic carbocycles. The van der Waals surface area contributed by atoms with Crippen molar-refractivity contribution in [3.63, 3.8) is 0 Å².